The normalized spacial score (nSPS) is 11.6. The number of fused-ring (bicyclic) bond motifs is 1. The van der Waals surface area contributed by atoms with Crippen LogP contribution >= 0.6 is 22.9 Å². The van der Waals surface area contributed by atoms with Crippen LogP contribution in [0, 0.1) is 6.92 Å². The minimum atomic E-state index is -4.48. The Morgan fingerprint density at radius 2 is 1.96 bits per heavy atom. The lowest BCUT2D eigenvalue weighted by molar-refractivity contribution is -0.137. The zero-order chi connectivity index (χ0) is 18.2. The number of amides is 2. The maximum absolute atomic E-state index is 12.7. The molecule has 0 radical (unpaired) electrons. The molecule has 0 saturated heterocycles. The van der Waals surface area contributed by atoms with Crippen LogP contribution in [0.5, 0.6) is 0 Å². The summed E-state index contributed by atoms with van der Waals surface area (Å²) in [5.74, 6) is 0. The average Bonchev–Trinajstić information content (AvgIpc) is 2.95. The monoisotopic (exact) mass is 385 g/mol. The first-order valence-corrected chi connectivity index (χ1v) is 8.24. The summed E-state index contributed by atoms with van der Waals surface area (Å²) < 4.78 is 38.8. The molecule has 0 saturated carbocycles. The molecule has 0 atom stereocenters. The van der Waals surface area contributed by atoms with Crippen molar-refractivity contribution in [2.45, 2.75) is 13.1 Å². The second kappa shape index (κ2) is 6.53. The Morgan fingerprint density at radius 1 is 1.20 bits per heavy atom. The third-order valence-corrected chi connectivity index (χ3v) is 4.80. The van der Waals surface area contributed by atoms with E-state index in [1.807, 2.05) is 13.0 Å². The molecule has 0 bridgehead atoms. The number of hydrogen-bond acceptors (Lipinski definition) is 3. The Labute approximate surface area is 149 Å². The molecule has 3 aromatic rings. The van der Waals surface area contributed by atoms with Crippen LogP contribution in [0.4, 0.5) is 28.8 Å². The van der Waals surface area contributed by atoms with Crippen LogP contribution in [-0.2, 0) is 6.18 Å². The molecule has 0 spiro atoms. The number of aromatic nitrogens is 1. The van der Waals surface area contributed by atoms with Gasteiger partial charge in [-0.3, -0.25) is 5.32 Å². The number of halogens is 4. The van der Waals surface area contributed by atoms with Gasteiger partial charge in [-0.2, -0.15) is 13.2 Å². The maximum atomic E-state index is 12.7. The van der Waals surface area contributed by atoms with E-state index in [1.54, 1.807) is 6.07 Å². The summed E-state index contributed by atoms with van der Waals surface area (Å²) in [5.41, 5.74) is 0.768. The minimum absolute atomic E-state index is 0.0302. The highest BCUT2D eigenvalue weighted by Crippen LogP contribution is 2.34. The Morgan fingerprint density at radius 3 is 2.64 bits per heavy atom. The van der Waals surface area contributed by atoms with Crippen LogP contribution in [0.1, 0.15) is 11.1 Å². The first-order valence-electron chi connectivity index (χ1n) is 7.05. The largest absolute Gasteiger partial charge is 0.416 e. The number of urea groups is 1. The number of alkyl halides is 3. The van der Waals surface area contributed by atoms with Gasteiger partial charge in [-0.1, -0.05) is 35.1 Å². The molecular formula is C16H11ClF3N3OS. The lowest BCUT2D eigenvalue weighted by atomic mass is 10.2. The van der Waals surface area contributed by atoms with Gasteiger partial charge in [0.1, 0.15) is 0 Å². The molecule has 2 N–H and O–H groups in total. The number of aryl methyl sites for hydroxylation is 1. The molecule has 1 heterocycles. The number of carbonyl (C=O) groups excluding carboxylic acids is 1. The van der Waals surface area contributed by atoms with E-state index in [0.717, 1.165) is 22.4 Å². The molecule has 2 aromatic carbocycles. The molecule has 1 aromatic heterocycles. The molecular weight excluding hydrogens is 375 g/mol. The second-order valence-electron chi connectivity index (χ2n) is 5.22. The topological polar surface area (TPSA) is 54.0 Å². The number of nitrogens with zero attached hydrogens (tertiary/aromatic N) is 1. The molecule has 0 aliphatic carbocycles. The van der Waals surface area contributed by atoms with E-state index in [-0.39, 0.29) is 5.69 Å². The van der Waals surface area contributed by atoms with Gasteiger partial charge in [0.05, 0.1) is 20.8 Å². The van der Waals surface area contributed by atoms with Gasteiger partial charge in [0.2, 0.25) is 0 Å². The van der Waals surface area contributed by atoms with E-state index in [4.69, 9.17) is 11.6 Å². The summed E-state index contributed by atoms with van der Waals surface area (Å²) in [6.07, 6.45) is -4.48. The molecule has 3 rings (SSSR count). The summed E-state index contributed by atoms with van der Waals surface area (Å²) in [6, 6.07) is 7.25. The Balaban J connectivity index is 1.77. The zero-order valence-corrected chi connectivity index (χ0v) is 14.3. The van der Waals surface area contributed by atoms with Crippen LogP contribution in [0.25, 0.3) is 10.2 Å². The third-order valence-electron chi connectivity index (χ3n) is 3.37. The zero-order valence-electron chi connectivity index (χ0n) is 12.7. The lowest BCUT2D eigenvalue weighted by Crippen LogP contribution is -2.19. The van der Waals surface area contributed by atoms with Gasteiger partial charge in [0.25, 0.3) is 0 Å². The number of anilines is 2. The first kappa shape index (κ1) is 17.5. The van der Waals surface area contributed by atoms with Gasteiger partial charge in [-0.05, 0) is 36.8 Å². The highest BCUT2D eigenvalue weighted by Gasteiger charge is 2.30. The minimum Gasteiger partial charge on any atom is -0.308 e. The van der Waals surface area contributed by atoms with Crippen molar-refractivity contribution in [3.8, 4) is 0 Å². The van der Waals surface area contributed by atoms with Crippen molar-refractivity contribution in [1.82, 2.24) is 4.98 Å². The van der Waals surface area contributed by atoms with Crippen LogP contribution in [-0.4, -0.2) is 11.0 Å². The van der Waals surface area contributed by atoms with E-state index in [0.29, 0.717) is 15.7 Å². The number of carbonyl (C=O) groups is 1. The van der Waals surface area contributed by atoms with E-state index in [2.05, 4.69) is 15.6 Å². The standard InChI is InChI=1S/C16H11ClF3N3OS/c1-8-5-6-11(17)13-12(8)22-15(25-13)23-14(24)21-10-4-2-3-9(7-10)16(18,19)20/h2-7H,1H3,(H2,21,22,23,24). The molecule has 0 aliphatic heterocycles. The van der Waals surface area contributed by atoms with Crippen molar-refractivity contribution < 1.29 is 18.0 Å². The van der Waals surface area contributed by atoms with Crippen molar-refractivity contribution >= 4 is 50.0 Å². The highest BCUT2D eigenvalue weighted by molar-refractivity contribution is 7.23. The van der Waals surface area contributed by atoms with E-state index < -0.39 is 17.8 Å². The molecule has 25 heavy (non-hydrogen) atoms. The van der Waals surface area contributed by atoms with Crippen molar-refractivity contribution in [2.75, 3.05) is 10.6 Å². The van der Waals surface area contributed by atoms with Gasteiger partial charge in [-0.15, -0.1) is 0 Å². The Hall–Kier alpha value is -2.32. The van der Waals surface area contributed by atoms with Crippen LogP contribution in [0.3, 0.4) is 0 Å². The molecule has 130 valence electrons. The fourth-order valence-corrected chi connectivity index (χ4v) is 3.40. The molecule has 2 amide bonds. The van der Waals surface area contributed by atoms with Crippen LogP contribution < -0.4 is 10.6 Å². The van der Waals surface area contributed by atoms with Gasteiger partial charge < -0.3 is 5.32 Å². The van der Waals surface area contributed by atoms with Crippen molar-refractivity contribution in [3.05, 3.63) is 52.5 Å². The van der Waals surface area contributed by atoms with Gasteiger partial charge >= 0.3 is 12.2 Å². The average molecular weight is 386 g/mol. The smallest absolute Gasteiger partial charge is 0.308 e. The number of rotatable bonds is 2. The highest BCUT2D eigenvalue weighted by atomic mass is 35.5. The summed E-state index contributed by atoms with van der Waals surface area (Å²) in [6.45, 7) is 1.87. The fraction of sp³-hybridized carbons (Fsp3) is 0.125. The first-order chi connectivity index (χ1) is 11.7. The molecule has 0 unspecified atom stereocenters. The quantitative estimate of drug-likeness (QED) is 0.575. The lowest BCUT2D eigenvalue weighted by Gasteiger charge is -2.09. The summed E-state index contributed by atoms with van der Waals surface area (Å²) in [4.78, 5) is 16.3. The summed E-state index contributed by atoms with van der Waals surface area (Å²) in [7, 11) is 0. The van der Waals surface area contributed by atoms with Gasteiger partial charge in [0.15, 0.2) is 5.13 Å². The summed E-state index contributed by atoms with van der Waals surface area (Å²) in [5, 5.41) is 5.69. The number of nitrogens with one attached hydrogen (secondary N) is 2. The van der Waals surface area contributed by atoms with Gasteiger partial charge in [-0.25, -0.2) is 9.78 Å². The van der Waals surface area contributed by atoms with Crippen LogP contribution in [0.15, 0.2) is 36.4 Å². The summed E-state index contributed by atoms with van der Waals surface area (Å²) >= 11 is 7.29. The Kier molecular flexibility index (Phi) is 4.57. The number of hydrogen-bond donors (Lipinski definition) is 2. The fourth-order valence-electron chi connectivity index (χ4n) is 2.19. The SMILES string of the molecule is Cc1ccc(Cl)c2sc(NC(=O)Nc3cccc(C(F)(F)F)c3)nc12. The van der Waals surface area contributed by atoms with E-state index in [1.165, 1.54) is 23.5 Å². The van der Waals surface area contributed by atoms with Crippen molar-refractivity contribution in [3.63, 3.8) is 0 Å². The molecule has 0 fully saturated rings. The predicted molar refractivity (Wildman–Crippen MR) is 93.5 cm³/mol. The van der Waals surface area contributed by atoms with Crippen molar-refractivity contribution in [2.24, 2.45) is 0 Å². The number of benzene rings is 2. The van der Waals surface area contributed by atoms with Gasteiger partial charge in [0, 0.05) is 5.69 Å². The Bertz CT molecular complexity index is 916. The second-order valence-corrected chi connectivity index (χ2v) is 6.62. The maximum Gasteiger partial charge on any atom is 0.416 e. The molecule has 9 heteroatoms. The third kappa shape index (κ3) is 3.85. The molecule has 4 nitrogen and oxygen atoms in total. The van der Waals surface area contributed by atoms with Crippen molar-refractivity contribution in [1.29, 1.82) is 0 Å². The molecule has 0 aliphatic rings. The van der Waals surface area contributed by atoms with Crippen LogP contribution in [0.2, 0.25) is 5.02 Å². The van der Waals surface area contributed by atoms with E-state index >= 15 is 0 Å². The predicted octanol–water partition coefficient (Wildman–Crippen LogP) is 5.92. The van der Waals surface area contributed by atoms with E-state index in [9.17, 15) is 18.0 Å². The number of thiazole rings is 1.